The lowest BCUT2D eigenvalue weighted by Crippen LogP contribution is -1.88. The van der Waals surface area contributed by atoms with Crippen molar-refractivity contribution in [3.63, 3.8) is 0 Å². The van der Waals surface area contributed by atoms with Gasteiger partial charge in [-0.2, -0.15) is 0 Å². The molecule has 2 aromatic rings. The molecule has 0 aliphatic rings. The van der Waals surface area contributed by atoms with Gasteiger partial charge in [-0.05, 0) is 47.4 Å². The molecule has 0 fully saturated rings. The van der Waals surface area contributed by atoms with Gasteiger partial charge in [0.05, 0.1) is 13.4 Å². The summed E-state index contributed by atoms with van der Waals surface area (Å²) in [5.41, 5.74) is 4.45. The Morgan fingerprint density at radius 1 is 1.05 bits per heavy atom. The lowest BCUT2D eigenvalue weighted by molar-refractivity contribution is 0.239. The number of hydrogen-bond donors (Lipinski definition) is 0. The molecule has 0 saturated heterocycles. The molecule has 0 aliphatic heterocycles. The average molecular weight is 280 g/mol. The van der Waals surface area contributed by atoms with E-state index in [1.165, 1.54) is 0 Å². The quantitative estimate of drug-likeness (QED) is 0.705. The van der Waals surface area contributed by atoms with Crippen molar-refractivity contribution in [1.29, 1.82) is 0 Å². The predicted molar refractivity (Wildman–Crippen MR) is 88.1 cm³/mol. The highest BCUT2D eigenvalue weighted by molar-refractivity contribution is 5.52. The molecular formula is C19H20O2. The third kappa shape index (κ3) is 4.25. The first kappa shape index (κ1) is 14.9. The molecule has 0 aliphatic carbocycles. The second kappa shape index (κ2) is 7.34. The van der Waals surface area contributed by atoms with Gasteiger partial charge in [0.2, 0.25) is 0 Å². The van der Waals surface area contributed by atoms with E-state index in [9.17, 15) is 0 Å². The highest BCUT2D eigenvalue weighted by Crippen LogP contribution is 2.19. The van der Waals surface area contributed by atoms with E-state index >= 15 is 0 Å². The minimum Gasteiger partial charge on any atom is -0.496 e. The molecule has 0 N–H and O–H groups in total. The van der Waals surface area contributed by atoms with E-state index in [2.05, 4.69) is 12.6 Å². The molecule has 0 bridgehead atoms. The van der Waals surface area contributed by atoms with Gasteiger partial charge in [0, 0.05) is 0 Å². The first-order valence-corrected chi connectivity index (χ1v) is 6.87. The molecule has 2 nitrogen and oxygen atoms in total. The van der Waals surface area contributed by atoms with Crippen molar-refractivity contribution in [3.8, 4) is 5.75 Å². The minimum atomic E-state index is 0.559. The molecule has 2 rings (SSSR count). The van der Waals surface area contributed by atoms with Crippen LogP contribution in [0.1, 0.15) is 22.3 Å². The third-order valence-electron chi connectivity index (χ3n) is 3.24. The number of hydrogen-bond acceptors (Lipinski definition) is 2. The van der Waals surface area contributed by atoms with E-state index in [4.69, 9.17) is 9.47 Å². The molecule has 21 heavy (non-hydrogen) atoms. The fraction of sp³-hybridized carbons (Fsp3) is 0.158. The van der Waals surface area contributed by atoms with Gasteiger partial charge in [-0.25, -0.2) is 0 Å². The summed E-state index contributed by atoms with van der Waals surface area (Å²) < 4.78 is 10.8. The minimum absolute atomic E-state index is 0.559. The Morgan fingerprint density at radius 2 is 1.76 bits per heavy atom. The number of ether oxygens (including phenoxy) is 2. The van der Waals surface area contributed by atoms with Crippen LogP contribution in [0.15, 0.2) is 55.3 Å². The lowest BCUT2D eigenvalue weighted by atomic mass is 10.1. The van der Waals surface area contributed by atoms with Crippen LogP contribution < -0.4 is 4.74 Å². The summed E-state index contributed by atoms with van der Waals surface area (Å²) in [5, 5.41) is 0. The Kier molecular flexibility index (Phi) is 5.22. The Morgan fingerprint density at radius 3 is 2.38 bits per heavy atom. The summed E-state index contributed by atoms with van der Waals surface area (Å²) in [4.78, 5) is 0. The summed E-state index contributed by atoms with van der Waals surface area (Å²) in [6.45, 7) is 6.32. The second-order valence-electron chi connectivity index (χ2n) is 4.79. The monoisotopic (exact) mass is 280 g/mol. The maximum absolute atomic E-state index is 5.56. The van der Waals surface area contributed by atoms with Crippen LogP contribution in [0, 0.1) is 6.92 Å². The molecule has 0 unspecified atom stereocenters. The highest BCUT2D eigenvalue weighted by Gasteiger charge is 1.97. The largest absolute Gasteiger partial charge is 0.496 e. The number of rotatable bonds is 6. The molecule has 0 radical (unpaired) electrons. The topological polar surface area (TPSA) is 18.5 Å². The maximum atomic E-state index is 5.56. The SMILES string of the molecule is C=Cc1ccc(COC=Cc2ccc(OC)c(C)c2)cc1. The van der Waals surface area contributed by atoms with E-state index in [1.54, 1.807) is 13.4 Å². The highest BCUT2D eigenvalue weighted by atomic mass is 16.5. The van der Waals surface area contributed by atoms with Crippen LogP contribution in [0.25, 0.3) is 12.2 Å². The summed E-state index contributed by atoms with van der Waals surface area (Å²) in [7, 11) is 1.68. The van der Waals surface area contributed by atoms with Crippen molar-refractivity contribution in [1.82, 2.24) is 0 Å². The first-order chi connectivity index (χ1) is 10.2. The van der Waals surface area contributed by atoms with Gasteiger partial charge in [-0.15, -0.1) is 0 Å². The van der Waals surface area contributed by atoms with Gasteiger partial charge >= 0.3 is 0 Å². The summed E-state index contributed by atoms with van der Waals surface area (Å²) in [6, 6.07) is 14.2. The van der Waals surface area contributed by atoms with E-state index in [0.717, 1.165) is 28.0 Å². The molecule has 0 amide bonds. The van der Waals surface area contributed by atoms with E-state index < -0.39 is 0 Å². The van der Waals surface area contributed by atoms with Gasteiger partial charge in [0.25, 0.3) is 0 Å². The maximum Gasteiger partial charge on any atom is 0.121 e. The molecule has 108 valence electrons. The fourth-order valence-electron chi connectivity index (χ4n) is 2.03. The van der Waals surface area contributed by atoms with Gasteiger partial charge in [-0.1, -0.05) is 43.0 Å². The van der Waals surface area contributed by atoms with Gasteiger partial charge in [0.15, 0.2) is 0 Å². The molecule has 2 aromatic carbocycles. The van der Waals surface area contributed by atoms with Gasteiger partial charge in [0.1, 0.15) is 12.4 Å². The van der Waals surface area contributed by atoms with Gasteiger partial charge in [-0.3, -0.25) is 0 Å². The second-order valence-corrected chi connectivity index (χ2v) is 4.79. The Hall–Kier alpha value is -2.48. The molecule has 0 aromatic heterocycles. The predicted octanol–water partition coefficient (Wildman–Crippen LogP) is 4.83. The Balaban J connectivity index is 1.90. The number of aryl methyl sites for hydroxylation is 1. The van der Waals surface area contributed by atoms with Crippen molar-refractivity contribution in [2.45, 2.75) is 13.5 Å². The average Bonchev–Trinajstić information content (AvgIpc) is 2.52. The van der Waals surface area contributed by atoms with Gasteiger partial charge < -0.3 is 9.47 Å². The van der Waals surface area contributed by atoms with Crippen molar-refractivity contribution in [2.24, 2.45) is 0 Å². The molecular weight excluding hydrogens is 260 g/mol. The van der Waals surface area contributed by atoms with Crippen molar-refractivity contribution < 1.29 is 9.47 Å². The number of benzene rings is 2. The summed E-state index contributed by atoms with van der Waals surface area (Å²) in [5.74, 6) is 0.898. The normalized spacial score (nSPS) is 10.6. The van der Waals surface area contributed by atoms with Crippen LogP contribution in [0.2, 0.25) is 0 Å². The molecule has 2 heteroatoms. The van der Waals surface area contributed by atoms with Crippen molar-refractivity contribution >= 4 is 12.2 Å². The zero-order valence-corrected chi connectivity index (χ0v) is 12.5. The standard InChI is InChI=1S/C19H20O2/c1-4-16-5-7-18(8-6-16)14-21-12-11-17-9-10-19(20-3)15(2)13-17/h4-13H,1,14H2,2-3H3. The van der Waals surface area contributed by atoms with Crippen LogP contribution in [-0.4, -0.2) is 7.11 Å². The van der Waals surface area contributed by atoms with Crippen molar-refractivity contribution in [3.05, 3.63) is 77.6 Å². The molecule has 0 spiro atoms. The lowest BCUT2D eigenvalue weighted by Gasteiger charge is -2.05. The van der Waals surface area contributed by atoms with E-state index in [-0.39, 0.29) is 0 Å². The zero-order valence-electron chi connectivity index (χ0n) is 12.5. The Labute approximate surface area is 126 Å². The Bertz CT molecular complexity index is 625. The smallest absolute Gasteiger partial charge is 0.121 e. The molecule has 0 saturated carbocycles. The third-order valence-corrected chi connectivity index (χ3v) is 3.24. The number of methoxy groups -OCH3 is 1. The zero-order chi connectivity index (χ0) is 15.1. The summed E-state index contributed by atoms with van der Waals surface area (Å²) in [6.07, 6.45) is 5.50. The molecule has 0 atom stereocenters. The summed E-state index contributed by atoms with van der Waals surface area (Å²) >= 11 is 0. The molecule has 0 heterocycles. The van der Waals surface area contributed by atoms with Crippen LogP contribution in [0.4, 0.5) is 0 Å². The van der Waals surface area contributed by atoms with Crippen LogP contribution >= 0.6 is 0 Å². The van der Waals surface area contributed by atoms with E-state index in [0.29, 0.717) is 6.61 Å². The van der Waals surface area contributed by atoms with Crippen molar-refractivity contribution in [2.75, 3.05) is 7.11 Å². The van der Waals surface area contributed by atoms with Crippen LogP contribution in [-0.2, 0) is 11.3 Å². The fourth-order valence-corrected chi connectivity index (χ4v) is 2.03. The van der Waals surface area contributed by atoms with Crippen LogP contribution in [0.5, 0.6) is 5.75 Å². The van der Waals surface area contributed by atoms with Crippen LogP contribution in [0.3, 0.4) is 0 Å². The van der Waals surface area contributed by atoms with E-state index in [1.807, 2.05) is 55.5 Å². The first-order valence-electron chi connectivity index (χ1n) is 6.87.